The molecular formula is C18H18Cl2N2O3. The Morgan fingerprint density at radius 1 is 1.24 bits per heavy atom. The second-order valence-corrected chi connectivity index (χ2v) is 6.43. The average Bonchev–Trinajstić information content (AvgIpc) is 2.53. The Hall–Kier alpha value is -2.24. The second kappa shape index (κ2) is 8.74. The maximum Gasteiger partial charge on any atom is 0.244 e. The number of nitrogens with zero attached hydrogens (tertiary/aromatic N) is 1. The number of benzene rings is 2. The van der Waals surface area contributed by atoms with E-state index in [-0.39, 0.29) is 24.2 Å². The summed E-state index contributed by atoms with van der Waals surface area (Å²) in [6.07, 6.45) is 1.56. The van der Waals surface area contributed by atoms with Crippen LogP contribution in [0, 0.1) is 0 Å². The summed E-state index contributed by atoms with van der Waals surface area (Å²) in [6, 6.07) is 9.70. The molecule has 132 valence electrons. The molecule has 0 saturated carbocycles. The molecule has 5 nitrogen and oxygen atoms in total. The van der Waals surface area contributed by atoms with Gasteiger partial charge in [-0.1, -0.05) is 35.3 Å². The van der Waals surface area contributed by atoms with Crippen molar-refractivity contribution in [1.82, 2.24) is 5.43 Å². The SMILES string of the molecule is CC(C)Oc1c(Cl)cc(/C=N\NC(=O)Cc2ccc(O)cc2)cc1Cl. The fourth-order valence-electron chi connectivity index (χ4n) is 2.02. The van der Waals surface area contributed by atoms with Crippen LogP contribution in [0.15, 0.2) is 41.5 Å². The minimum Gasteiger partial charge on any atom is -0.508 e. The maximum absolute atomic E-state index is 11.8. The zero-order chi connectivity index (χ0) is 18.4. The predicted octanol–water partition coefficient (Wildman–Crippen LogP) is 4.18. The van der Waals surface area contributed by atoms with Crippen LogP contribution in [-0.4, -0.2) is 23.3 Å². The summed E-state index contributed by atoms with van der Waals surface area (Å²) in [5.74, 6) is 0.298. The van der Waals surface area contributed by atoms with E-state index in [0.717, 1.165) is 5.56 Å². The number of hydrogen-bond donors (Lipinski definition) is 2. The molecule has 0 radical (unpaired) electrons. The van der Waals surface area contributed by atoms with Gasteiger partial charge >= 0.3 is 0 Å². The van der Waals surface area contributed by atoms with Gasteiger partial charge in [0.05, 0.1) is 28.8 Å². The highest BCUT2D eigenvalue weighted by Crippen LogP contribution is 2.34. The van der Waals surface area contributed by atoms with Crippen molar-refractivity contribution in [3.8, 4) is 11.5 Å². The number of aromatic hydroxyl groups is 1. The van der Waals surface area contributed by atoms with Gasteiger partial charge in [0.25, 0.3) is 0 Å². The molecular weight excluding hydrogens is 363 g/mol. The Balaban J connectivity index is 1.97. The molecule has 0 heterocycles. The highest BCUT2D eigenvalue weighted by Gasteiger charge is 2.10. The molecule has 2 rings (SSSR count). The number of hydrazone groups is 1. The fourth-order valence-corrected chi connectivity index (χ4v) is 2.61. The number of rotatable bonds is 6. The third-order valence-corrected chi connectivity index (χ3v) is 3.64. The Bertz CT molecular complexity index is 751. The third-order valence-electron chi connectivity index (χ3n) is 3.08. The summed E-state index contributed by atoms with van der Waals surface area (Å²) in [5, 5.41) is 13.9. The third kappa shape index (κ3) is 5.96. The molecule has 0 bridgehead atoms. The summed E-state index contributed by atoms with van der Waals surface area (Å²) in [7, 11) is 0. The van der Waals surface area contributed by atoms with Crippen LogP contribution in [0.25, 0.3) is 0 Å². The minimum absolute atomic E-state index is 0.0475. The van der Waals surface area contributed by atoms with Crippen molar-refractivity contribution in [2.24, 2.45) is 5.10 Å². The molecule has 0 aliphatic heterocycles. The lowest BCUT2D eigenvalue weighted by Crippen LogP contribution is -2.19. The Morgan fingerprint density at radius 3 is 2.40 bits per heavy atom. The van der Waals surface area contributed by atoms with E-state index < -0.39 is 0 Å². The van der Waals surface area contributed by atoms with Crippen molar-refractivity contribution >= 4 is 35.3 Å². The molecule has 0 aliphatic rings. The number of hydrogen-bond acceptors (Lipinski definition) is 4. The van der Waals surface area contributed by atoms with E-state index in [9.17, 15) is 9.90 Å². The molecule has 0 spiro atoms. The monoisotopic (exact) mass is 380 g/mol. The van der Waals surface area contributed by atoms with Crippen LogP contribution < -0.4 is 10.2 Å². The van der Waals surface area contributed by atoms with Crippen LogP contribution in [0.1, 0.15) is 25.0 Å². The molecule has 0 aromatic heterocycles. The van der Waals surface area contributed by atoms with Crippen LogP contribution in [0.2, 0.25) is 10.0 Å². The maximum atomic E-state index is 11.8. The van der Waals surface area contributed by atoms with E-state index in [1.165, 1.54) is 18.3 Å². The lowest BCUT2D eigenvalue weighted by Gasteiger charge is -2.13. The van der Waals surface area contributed by atoms with Crippen LogP contribution in [0.5, 0.6) is 11.5 Å². The van der Waals surface area contributed by atoms with Crippen LogP contribution in [0.4, 0.5) is 0 Å². The summed E-state index contributed by atoms with van der Waals surface area (Å²) in [5.41, 5.74) is 3.84. The number of amides is 1. The summed E-state index contributed by atoms with van der Waals surface area (Å²) >= 11 is 12.3. The molecule has 25 heavy (non-hydrogen) atoms. The fraction of sp³-hybridized carbons (Fsp3) is 0.222. The Labute approximate surface area is 156 Å². The number of halogens is 2. The van der Waals surface area contributed by atoms with E-state index in [4.69, 9.17) is 27.9 Å². The van der Waals surface area contributed by atoms with Gasteiger partial charge in [0, 0.05) is 0 Å². The van der Waals surface area contributed by atoms with Gasteiger partial charge in [-0.15, -0.1) is 0 Å². The van der Waals surface area contributed by atoms with Gasteiger partial charge in [0.15, 0.2) is 5.75 Å². The molecule has 0 fully saturated rings. The smallest absolute Gasteiger partial charge is 0.244 e. The van der Waals surface area contributed by atoms with Gasteiger partial charge in [-0.2, -0.15) is 5.10 Å². The predicted molar refractivity (Wildman–Crippen MR) is 99.8 cm³/mol. The standard InChI is InChI=1S/C18H18Cl2N2O3/c1-11(2)25-18-15(19)7-13(8-16(18)20)10-21-22-17(24)9-12-3-5-14(23)6-4-12/h3-8,10-11,23H,9H2,1-2H3,(H,22,24)/b21-10-. The molecule has 7 heteroatoms. The zero-order valence-corrected chi connectivity index (χ0v) is 15.3. The molecule has 0 unspecified atom stereocenters. The van der Waals surface area contributed by atoms with Crippen molar-refractivity contribution in [1.29, 1.82) is 0 Å². The number of nitrogens with one attached hydrogen (secondary N) is 1. The van der Waals surface area contributed by atoms with Crippen LogP contribution >= 0.6 is 23.2 Å². The largest absolute Gasteiger partial charge is 0.508 e. The quantitative estimate of drug-likeness (QED) is 0.583. The lowest BCUT2D eigenvalue weighted by atomic mass is 10.1. The van der Waals surface area contributed by atoms with E-state index in [0.29, 0.717) is 21.4 Å². The highest BCUT2D eigenvalue weighted by molar-refractivity contribution is 6.37. The summed E-state index contributed by atoms with van der Waals surface area (Å²) < 4.78 is 5.55. The summed E-state index contributed by atoms with van der Waals surface area (Å²) in [6.45, 7) is 3.76. The van der Waals surface area contributed by atoms with Crippen LogP contribution in [0.3, 0.4) is 0 Å². The molecule has 2 N–H and O–H groups in total. The highest BCUT2D eigenvalue weighted by atomic mass is 35.5. The topological polar surface area (TPSA) is 70.9 Å². The first-order valence-electron chi connectivity index (χ1n) is 7.60. The average molecular weight is 381 g/mol. The van der Waals surface area contributed by atoms with E-state index >= 15 is 0 Å². The van der Waals surface area contributed by atoms with Crippen molar-refractivity contribution in [2.45, 2.75) is 26.4 Å². The minimum atomic E-state index is -0.279. The number of phenols is 1. The van der Waals surface area contributed by atoms with Crippen molar-refractivity contribution in [3.63, 3.8) is 0 Å². The number of phenolic OH excluding ortho intramolecular Hbond substituents is 1. The Kier molecular flexibility index (Phi) is 6.67. The van der Waals surface area contributed by atoms with Gasteiger partial charge in [-0.3, -0.25) is 4.79 Å². The van der Waals surface area contributed by atoms with Crippen molar-refractivity contribution in [3.05, 3.63) is 57.6 Å². The normalized spacial score (nSPS) is 11.1. The molecule has 2 aromatic carbocycles. The van der Waals surface area contributed by atoms with E-state index in [1.807, 2.05) is 13.8 Å². The van der Waals surface area contributed by atoms with Crippen molar-refractivity contribution in [2.75, 3.05) is 0 Å². The van der Waals surface area contributed by atoms with Crippen LogP contribution in [-0.2, 0) is 11.2 Å². The van der Waals surface area contributed by atoms with Gasteiger partial charge in [0.1, 0.15) is 5.75 Å². The van der Waals surface area contributed by atoms with Gasteiger partial charge in [0.2, 0.25) is 5.91 Å². The second-order valence-electron chi connectivity index (χ2n) is 5.62. The van der Waals surface area contributed by atoms with Gasteiger partial charge in [-0.25, -0.2) is 5.43 Å². The molecule has 0 atom stereocenters. The summed E-state index contributed by atoms with van der Waals surface area (Å²) in [4.78, 5) is 11.8. The number of carbonyl (C=O) groups is 1. The molecule has 0 saturated heterocycles. The van der Waals surface area contributed by atoms with Gasteiger partial charge in [-0.05, 0) is 49.2 Å². The molecule has 1 amide bonds. The van der Waals surface area contributed by atoms with E-state index in [1.54, 1.807) is 24.3 Å². The van der Waals surface area contributed by atoms with Crippen molar-refractivity contribution < 1.29 is 14.6 Å². The number of ether oxygens (including phenoxy) is 1. The Morgan fingerprint density at radius 2 is 1.84 bits per heavy atom. The van der Waals surface area contributed by atoms with E-state index in [2.05, 4.69) is 10.5 Å². The molecule has 0 aliphatic carbocycles. The first-order valence-corrected chi connectivity index (χ1v) is 8.36. The first-order chi connectivity index (χ1) is 11.8. The lowest BCUT2D eigenvalue weighted by molar-refractivity contribution is -0.120. The first kappa shape index (κ1) is 19.1. The number of carbonyl (C=O) groups excluding carboxylic acids is 1. The zero-order valence-electron chi connectivity index (χ0n) is 13.8. The van der Waals surface area contributed by atoms with Gasteiger partial charge < -0.3 is 9.84 Å². The molecule has 2 aromatic rings.